The molecule has 0 radical (unpaired) electrons. The monoisotopic (exact) mass is 389 g/mol. The summed E-state index contributed by atoms with van der Waals surface area (Å²) in [4.78, 5) is 24.5. The number of hydrogen-bond acceptors (Lipinski definition) is 7. The Balaban J connectivity index is 1.65. The van der Waals surface area contributed by atoms with Crippen molar-refractivity contribution in [1.29, 1.82) is 0 Å². The third-order valence-corrected chi connectivity index (χ3v) is 6.36. The molecule has 1 N–H and O–H groups in total. The number of nitrogens with zero attached hydrogens (tertiary/aromatic N) is 4. The van der Waals surface area contributed by atoms with E-state index in [1.807, 2.05) is 43.3 Å². The number of sulfone groups is 1. The number of amides is 1. The van der Waals surface area contributed by atoms with Crippen molar-refractivity contribution in [2.75, 3.05) is 47.8 Å². The average molecular weight is 389 g/mol. The zero-order chi connectivity index (χ0) is 19.6. The second kappa shape index (κ2) is 7.51. The van der Waals surface area contributed by atoms with Crippen LogP contribution in [0.4, 0.5) is 17.3 Å². The molecule has 1 saturated heterocycles. The Morgan fingerprint density at radius 1 is 1.11 bits per heavy atom. The van der Waals surface area contributed by atoms with Crippen molar-refractivity contribution in [1.82, 2.24) is 9.97 Å². The molecule has 9 heteroatoms. The van der Waals surface area contributed by atoms with Crippen LogP contribution in [0.25, 0.3) is 0 Å². The summed E-state index contributed by atoms with van der Waals surface area (Å²) in [6, 6.07) is 7.36. The van der Waals surface area contributed by atoms with Crippen LogP contribution in [0.5, 0.6) is 0 Å². The van der Waals surface area contributed by atoms with Gasteiger partial charge in [0.15, 0.2) is 9.84 Å². The molecule has 3 rings (SSSR count). The van der Waals surface area contributed by atoms with E-state index in [9.17, 15) is 13.2 Å². The molecule has 1 atom stereocenters. The topological polar surface area (TPSA) is 95.5 Å². The summed E-state index contributed by atoms with van der Waals surface area (Å²) in [7, 11) is 2.69. The lowest BCUT2D eigenvalue weighted by molar-refractivity contribution is 0.102. The van der Waals surface area contributed by atoms with Gasteiger partial charge in [0.1, 0.15) is 0 Å². The fourth-order valence-corrected chi connectivity index (χ4v) is 4.69. The van der Waals surface area contributed by atoms with Crippen LogP contribution in [0, 0.1) is 0 Å². The number of rotatable bonds is 5. The zero-order valence-corrected chi connectivity index (χ0v) is 16.4. The average Bonchev–Trinajstić information content (AvgIpc) is 3.01. The highest BCUT2D eigenvalue weighted by Gasteiger charge is 2.31. The fraction of sp³-hybridized carbons (Fsp3) is 0.389. The highest BCUT2D eigenvalue weighted by Crippen LogP contribution is 2.20. The summed E-state index contributed by atoms with van der Waals surface area (Å²) in [5.74, 6) is 0.405. The third kappa shape index (κ3) is 4.54. The van der Waals surface area contributed by atoms with Gasteiger partial charge in [-0.3, -0.25) is 4.79 Å². The second-order valence-corrected chi connectivity index (χ2v) is 9.06. The molecular formula is C18H23N5O3S. The van der Waals surface area contributed by atoms with E-state index in [1.54, 1.807) is 11.9 Å². The normalized spacial score (nSPS) is 18.1. The molecule has 1 aliphatic heterocycles. The van der Waals surface area contributed by atoms with Crippen molar-refractivity contribution in [2.45, 2.75) is 12.5 Å². The Bertz CT molecular complexity index is 911. The van der Waals surface area contributed by atoms with Crippen LogP contribution in [0.1, 0.15) is 16.8 Å². The van der Waals surface area contributed by atoms with Gasteiger partial charge in [0.25, 0.3) is 5.91 Å². The predicted molar refractivity (Wildman–Crippen MR) is 106 cm³/mol. The lowest BCUT2D eigenvalue weighted by Crippen LogP contribution is -2.34. The van der Waals surface area contributed by atoms with Crippen LogP contribution >= 0.6 is 0 Å². The number of hydrogen-bond donors (Lipinski definition) is 1. The molecule has 0 bridgehead atoms. The standard InChI is InChI=1S/C18H23N5O3S/c1-22(2)15-6-4-14(5-7-15)21-17(24)13-10-19-18(20-11-13)23(3)16-8-9-27(25,26)12-16/h4-7,10-11,16H,8-9,12H2,1-3H3,(H,21,24). The predicted octanol–water partition coefficient (Wildman–Crippen LogP) is 1.42. The molecule has 2 heterocycles. The van der Waals surface area contributed by atoms with Crippen molar-refractivity contribution in [3.63, 3.8) is 0 Å². The van der Waals surface area contributed by atoms with E-state index in [4.69, 9.17) is 0 Å². The smallest absolute Gasteiger partial charge is 0.258 e. The fourth-order valence-electron chi connectivity index (χ4n) is 2.91. The van der Waals surface area contributed by atoms with Crippen molar-refractivity contribution >= 4 is 33.1 Å². The molecule has 0 saturated carbocycles. The Morgan fingerprint density at radius 2 is 1.74 bits per heavy atom. The van der Waals surface area contributed by atoms with Gasteiger partial charge in [-0.25, -0.2) is 18.4 Å². The molecule has 1 unspecified atom stereocenters. The van der Waals surface area contributed by atoms with Crippen LogP contribution in [0.3, 0.4) is 0 Å². The highest BCUT2D eigenvalue weighted by atomic mass is 32.2. The van der Waals surface area contributed by atoms with E-state index in [2.05, 4.69) is 15.3 Å². The number of benzene rings is 1. The molecule has 0 aliphatic carbocycles. The molecular weight excluding hydrogens is 366 g/mol. The minimum atomic E-state index is -2.98. The number of carbonyl (C=O) groups is 1. The van der Waals surface area contributed by atoms with Crippen molar-refractivity contribution < 1.29 is 13.2 Å². The molecule has 27 heavy (non-hydrogen) atoms. The first-order valence-corrected chi connectivity index (χ1v) is 10.4. The van der Waals surface area contributed by atoms with Gasteiger partial charge in [-0.2, -0.15) is 0 Å². The molecule has 1 aliphatic rings. The molecule has 1 aromatic heterocycles. The van der Waals surface area contributed by atoms with Gasteiger partial charge in [-0.15, -0.1) is 0 Å². The molecule has 1 aromatic carbocycles. The quantitative estimate of drug-likeness (QED) is 0.826. The molecule has 0 spiro atoms. The Hall–Kier alpha value is -2.68. The summed E-state index contributed by atoms with van der Waals surface area (Å²) in [5.41, 5.74) is 2.06. The molecule has 8 nitrogen and oxygen atoms in total. The summed E-state index contributed by atoms with van der Waals surface area (Å²) in [6.45, 7) is 0. The van der Waals surface area contributed by atoms with E-state index < -0.39 is 9.84 Å². The number of nitrogens with one attached hydrogen (secondary N) is 1. The highest BCUT2D eigenvalue weighted by molar-refractivity contribution is 7.91. The van der Waals surface area contributed by atoms with Gasteiger partial charge < -0.3 is 15.1 Å². The van der Waals surface area contributed by atoms with Crippen LogP contribution in [-0.2, 0) is 9.84 Å². The first kappa shape index (κ1) is 19.1. The number of aromatic nitrogens is 2. The van der Waals surface area contributed by atoms with E-state index in [0.29, 0.717) is 23.6 Å². The maximum Gasteiger partial charge on any atom is 0.258 e. The summed E-state index contributed by atoms with van der Waals surface area (Å²) in [5, 5.41) is 2.81. The van der Waals surface area contributed by atoms with Gasteiger partial charge in [0.05, 0.1) is 17.1 Å². The molecule has 1 fully saturated rings. The lowest BCUT2D eigenvalue weighted by Gasteiger charge is -2.23. The van der Waals surface area contributed by atoms with Crippen LogP contribution < -0.4 is 15.1 Å². The molecule has 144 valence electrons. The van der Waals surface area contributed by atoms with E-state index in [-0.39, 0.29) is 23.5 Å². The SMILES string of the molecule is CN(C)c1ccc(NC(=O)c2cnc(N(C)C3CCS(=O)(=O)C3)nc2)cc1. The minimum absolute atomic E-state index is 0.109. The first-order valence-electron chi connectivity index (χ1n) is 8.59. The summed E-state index contributed by atoms with van der Waals surface area (Å²) >= 11 is 0. The van der Waals surface area contributed by atoms with Crippen molar-refractivity contribution in [3.05, 3.63) is 42.2 Å². The Labute approximate surface area is 159 Å². The Morgan fingerprint density at radius 3 is 2.26 bits per heavy atom. The van der Waals surface area contributed by atoms with Gasteiger partial charge in [-0.05, 0) is 30.7 Å². The third-order valence-electron chi connectivity index (χ3n) is 4.61. The van der Waals surface area contributed by atoms with Gasteiger partial charge in [0, 0.05) is 51.0 Å². The van der Waals surface area contributed by atoms with E-state index in [1.165, 1.54) is 12.4 Å². The maximum absolute atomic E-state index is 12.4. The van der Waals surface area contributed by atoms with Crippen molar-refractivity contribution in [3.8, 4) is 0 Å². The zero-order valence-electron chi connectivity index (χ0n) is 15.6. The maximum atomic E-state index is 12.4. The first-order chi connectivity index (χ1) is 12.7. The lowest BCUT2D eigenvalue weighted by atomic mass is 10.2. The van der Waals surface area contributed by atoms with Crippen molar-refractivity contribution in [2.24, 2.45) is 0 Å². The largest absolute Gasteiger partial charge is 0.378 e. The van der Waals surface area contributed by atoms with Crippen LogP contribution in [-0.4, -0.2) is 63.0 Å². The van der Waals surface area contributed by atoms with Gasteiger partial charge >= 0.3 is 0 Å². The summed E-state index contributed by atoms with van der Waals surface area (Å²) in [6.07, 6.45) is 3.46. The molecule has 1 amide bonds. The van der Waals surface area contributed by atoms with Crippen LogP contribution in [0.2, 0.25) is 0 Å². The number of anilines is 3. The Kier molecular flexibility index (Phi) is 5.31. The summed E-state index contributed by atoms with van der Waals surface area (Å²) < 4.78 is 23.3. The number of carbonyl (C=O) groups excluding carboxylic acids is 1. The molecule has 2 aromatic rings. The van der Waals surface area contributed by atoms with E-state index >= 15 is 0 Å². The minimum Gasteiger partial charge on any atom is -0.378 e. The van der Waals surface area contributed by atoms with Crippen LogP contribution in [0.15, 0.2) is 36.7 Å². The van der Waals surface area contributed by atoms with E-state index in [0.717, 1.165) is 5.69 Å². The van der Waals surface area contributed by atoms with Gasteiger partial charge in [-0.1, -0.05) is 0 Å². The van der Waals surface area contributed by atoms with Gasteiger partial charge in [0.2, 0.25) is 5.95 Å². The second-order valence-electron chi connectivity index (χ2n) is 6.83.